The van der Waals surface area contributed by atoms with E-state index in [2.05, 4.69) is 41.8 Å². The number of alkyl halides is 1. The van der Waals surface area contributed by atoms with E-state index in [9.17, 15) is 4.39 Å². The van der Waals surface area contributed by atoms with Gasteiger partial charge in [-0.25, -0.2) is 9.37 Å². The number of hydrogen-bond acceptors (Lipinski definition) is 1. The maximum Gasteiger partial charge on any atom is 0.137 e. The molecule has 5 heteroatoms. The Hall–Kier alpha value is -0.680. The van der Waals surface area contributed by atoms with Crippen LogP contribution in [-0.2, 0) is 6.42 Å². The first kappa shape index (κ1) is 11.8. The number of hydrogen-bond donors (Lipinski definition) is 1. The molecule has 1 atom stereocenters. The van der Waals surface area contributed by atoms with Crippen molar-refractivity contribution in [1.82, 2.24) is 9.97 Å². The van der Waals surface area contributed by atoms with Crippen LogP contribution in [0.3, 0.4) is 0 Å². The van der Waals surface area contributed by atoms with Crippen molar-refractivity contribution in [1.29, 1.82) is 0 Å². The molecule has 0 fully saturated rings. The third kappa shape index (κ3) is 2.71. The molecule has 1 aromatic heterocycles. The van der Waals surface area contributed by atoms with Crippen molar-refractivity contribution in [2.75, 3.05) is 0 Å². The lowest BCUT2D eigenvalue weighted by molar-refractivity contribution is 0.620. The third-order valence-corrected chi connectivity index (χ3v) is 3.69. The van der Waals surface area contributed by atoms with Crippen LogP contribution in [0, 0.1) is 5.82 Å². The first-order chi connectivity index (χ1) is 7.66. The van der Waals surface area contributed by atoms with Gasteiger partial charge in [-0.3, -0.25) is 0 Å². The van der Waals surface area contributed by atoms with Gasteiger partial charge in [-0.2, -0.15) is 0 Å². The number of H-pyrrole nitrogens is 1. The summed E-state index contributed by atoms with van der Waals surface area (Å²) in [5, 5.41) is 0. The molecule has 0 spiro atoms. The number of aromatic nitrogens is 2. The number of imidazole rings is 1. The summed E-state index contributed by atoms with van der Waals surface area (Å²) in [5.74, 6) is 0.656. The molecule has 0 saturated carbocycles. The van der Waals surface area contributed by atoms with Gasteiger partial charge in [0.1, 0.15) is 11.6 Å². The van der Waals surface area contributed by atoms with Crippen LogP contribution in [0.2, 0.25) is 0 Å². The predicted octanol–water partition coefficient (Wildman–Crippen LogP) is 3.99. The van der Waals surface area contributed by atoms with Gasteiger partial charge in [-0.05, 0) is 33.6 Å². The lowest BCUT2D eigenvalue weighted by Crippen LogP contribution is -1.97. The highest BCUT2D eigenvalue weighted by atomic mass is 79.9. The molecule has 1 N–H and O–H groups in total. The van der Waals surface area contributed by atoms with Crippen molar-refractivity contribution < 1.29 is 4.39 Å². The molecular formula is C11H9Br2FN2. The average Bonchev–Trinajstić information content (AvgIpc) is 2.74. The SMILES string of the molecule is Fc1ccc(C(Br)Cc2ncc[nH]2)cc1Br. The molecule has 84 valence electrons. The van der Waals surface area contributed by atoms with Crippen LogP contribution in [0.25, 0.3) is 0 Å². The first-order valence-corrected chi connectivity index (χ1v) is 6.45. The summed E-state index contributed by atoms with van der Waals surface area (Å²) in [5.41, 5.74) is 1.02. The molecular weight excluding hydrogens is 339 g/mol. The fraction of sp³-hybridized carbons (Fsp3) is 0.182. The Balaban J connectivity index is 2.14. The summed E-state index contributed by atoms with van der Waals surface area (Å²) >= 11 is 6.74. The van der Waals surface area contributed by atoms with Crippen molar-refractivity contribution in [2.45, 2.75) is 11.2 Å². The zero-order valence-corrected chi connectivity index (χ0v) is 11.4. The minimum Gasteiger partial charge on any atom is -0.349 e. The summed E-state index contributed by atoms with van der Waals surface area (Å²) in [6, 6.07) is 5.00. The quantitative estimate of drug-likeness (QED) is 0.835. The van der Waals surface area contributed by atoms with Gasteiger partial charge in [0.15, 0.2) is 0 Å². The van der Waals surface area contributed by atoms with E-state index in [0.29, 0.717) is 4.47 Å². The Labute approximate surface area is 110 Å². The highest BCUT2D eigenvalue weighted by molar-refractivity contribution is 9.10. The molecule has 0 amide bonds. The van der Waals surface area contributed by atoms with Gasteiger partial charge in [0.2, 0.25) is 0 Å². The summed E-state index contributed by atoms with van der Waals surface area (Å²) in [4.78, 5) is 7.31. The number of rotatable bonds is 3. The summed E-state index contributed by atoms with van der Waals surface area (Å²) < 4.78 is 13.5. The van der Waals surface area contributed by atoms with E-state index in [1.165, 1.54) is 6.07 Å². The summed E-state index contributed by atoms with van der Waals surface area (Å²) in [6.45, 7) is 0. The molecule has 1 unspecified atom stereocenters. The monoisotopic (exact) mass is 346 g/mol. The lowest BCUT2D eigenvalue weighted by atomic mass is 10.1. The largest absolute Gasteiger partial charge is 0.349 e. The van der Waals surface area contributed by atoms with E-state index in [0.717, 1.165) is 17.8 Å². The Bertz CT molecular complexity index is 471. The smallest absolute Gasteiger partial charge is 0.137 e. The van der Waals surface area contributed by atoms with E-state index in [1.54, 1.807) is 24.5 Å². The zero-order valence-electron chi connectivity index (χ0n) is 8.25. The van der Waals surface area contributed by atoms with Crippen LogP contribution >= 0.6 is 31.9 Å². The number of halogens is 3. The second kappa shape index (κ2) is 5.10. The Morgan fingerprint density at radius 1 is 1.44 bits per heavy atom. The van der Waals surface area contributed by atoms with Crippen LogP contribution in [0.5, 0.6) is 0 Å². The molecule has 0 bridgehead atoms. The standard InChI is InChI=1S/C11H9Br2FN2/c12-8(6-11-15-3-4-16-11)7-1-2-10(14)9(13)5-7/h1-5,8H,6H2,(H,15,16). The van der Waals surface area contributed by atoms with Gasteiger partial charge in [0.25, 0.3) is 0 Å². The van der Waals surface area contributed by atoms with Gasteiger partial charge in [-0.1, -0.05) is 22.0 Å². The average molecular weight is 348 g/mol. The fourth-order valence-corrected chi connectivity index (χ4v) is 2.39. The van der Waals surface area contributed by atoms with Crippen LogP contribution in [0.1, 0.15) is 16.2 Å². The summed E-state index contributed by atoms with van der Waals surface area (Å²) in [7, 11) is 0. The maximum atomic E-state index is 13.1. The fourth-order valence-electron chi connectivity index (χ4n) is 1.40. The van der Waals surface area contributed by atoms with Crippen LogP contribution in [0.15, 0.2) is 35.1 Å². The number of benzene rings is 1. The zero-order chi connectivity index (χ0) is 11.5. The molecule has 2 nitrogen and oxygen atoms in total. The van der Waals surface area contributed by atoms with Gasteiger partial charge < -0.3 is 4.98 Å². The maximum absolute atomic E-state index is 13.1. The molecule has 16 heavy (non-hydrogen) atoms. The topological polar surface area (TPSA) is 28.7 Å². The van der Waals surface area contributed by atoms with Crippen molar-refractivity contribution in [2.24, 2.45) is 0 Å². The summed E-state index contributed by atoms with van der Waals surface area (Å²) in [6.07, 6.45) is 4.25. The van der Waals surface area contributed by atoms with E-state index in [1.807, 2.05) is 0 Å². The first-order valence-electron chi connectivity index (χ1n) is 4.74. The second-order valence-electron chi connectivity index (χ2n) is 3.38. The van der Waals surface area contributed by atoms with Crippen molar-refractivity contribution in [3.8, 4) is 0 Å². The van der Waals surface area contributed by atoms with Crippen LogP contribution in [0.4, 0.5) is 4.39 Å². The van der Waals surface area contributed by atoms with E-state index in [4.69, 9.17) is 0 Å². The number of aromatic amines is 1. The van der Waals surface area contributed by atoms with E-state index < -0.39 is 0 Å². The molecule has 0 aliphatic heterocycles. The Morgan fingerprint density at radius 2 is 2.25 bits per heavy atom. The van der Waals surface area contributed by atoms with Gasteiger partial charge in [0, 0.05) is 23.6 Å². The van der Waals surface area contributed by atoms with Crippen LogP contribution in [-0.4, -0.2) is 9.97 Å². The minimum atomic E-state index is -0.249. The Morgan fingerprint density at radius 3 is 2.88 bits per heavy atom. The molecule has 2 aromatic rings. The molecule has 2 rings (SSSR count). The molecule has 0 saturated heterocycles. The van der Waals surface area contributed by atoms with Crippen molar-refractivity contribution in [3.05, 3.63) is 52.3 Å². The number of nitrogens with zero attached hydrogens (tertiary/aromatic N) is 1. The van der Waals surface area contributed by atoms with Gasteiger partial charge in [0.05, 0.1) is 4.47 Å². The molecule has 0 aliphatic carbocycles. The van der Waals surface area contributed by atoms with Crippen molar-refractivity contribution in [3.63, 3.8) is 0 Å². The van der Waals surface area contributed by atoms with Gasteiger partial charge >= 0.3 is 0 Å². The third-order valence-electron chi connectivity index (χ3n) is 2.23. The predicted molar refractivity (Wildman–Crippen MR) is 68.1 cm³/mol. The Kier molecular flexibility index (Phi) is 3.76. The molecule has 1 heterocycles. The molecule has 0 aliphatic rings. The highest BCUT2D eigenvalue weighted by Gasteiger charge is 2.11. The van der Waals surface area contributed by atoms with E-state index in [-0.39, 0.29) is 10.6 Å². The lowest BCUT2D eigenvalue weighted by Gasteiger charge is -2.09. The highest BCUT2D eigenvalue weighted by Crippen LogP contribution is 2.29. The number of nitrogens with one attached hydrogen (secondary N) is 1. The second-order valence-corrected chi connectivity index (χ2v) is 5.34. The van der Waals surface area contributed by atoms with E-state index >= 15 is 0 Å². The normalized spacial score (nSPS) is 12.7. The molecule has 0 radical (unpaired) electrons. The molecule has 1 aromatic carbocycles. The van der Waals surface area contributed by atoms with Crippen LogP contribution < -0.4 is 0 Å². The van der Waals surface area contributed by atoms with Crippen molar-refractivity contribution >= 4 is 31.9 Å². The van der Waals surface area contributed by atoms with Gasteiger partial charge in [-0.15, -0.1) is 0 Å². The minimum absolute atomic E-state index is 0.121.